The van der Waals surface area contributed by atoms with Crippen molar-refractivity contribution >= 4 is 54.8 Å². The van der Waals surface area contributed by atoms with E-state index in [0.29, 0.717) is 5.92 Å². The van der Waals surface area contributed by atoms with E-state index < -0.39 is 0 Å². The molecule has 3 nitrogen and oxygen atoms in total. The number of thioether (sulfide) groups is 1. The topological polar surface area (TPSA) is 48.7 Å². The minimum Gasteiger partial charge on any atom is -0.322 e. The second kappa shape index (κ2) is 6.40. The molecule has 4 rings (SSSR count). The molecule has 24 heavy (non-hydrogen) atoms. The van der Waals surface area contributed by atoms with Crippen LogP contribution in [0, 0.1) is 17.2 Å². The van der Waals surface area contributed by atoms with Crippen molar-refractivity contribution < 1.29 is 0 Å². The van der Waals surface area contributed by atoms with Crippen LogP contribution in [0.3, 0.4) is 0 Å². The van der Waals surface area contributed by atoms with Crippen LogP contribution in [0.4, 0.5) is 10.1 Å². The Labute approximate surface area is 153 Å². The Balaban J connectivity index is 1.69. The monoisotopic (exact) mass is 371 g/mol. The molecule has 0 saturated heterocycles. The maximum Gasteiger partial charge on any atom is 0.188 e. The quantitative estimate of drug-likeness (QED) is 0.589. The molecule has 3 aromatic rings. The normalized spacial score (nSPS) is 16.8. The predicted octanol–water partition coefficient (Wildman–Crippen LogP) is 5.82. The van der Waals surface area contributed by atoms with Gasteiger partial charge in [0.25, 0.3) is 0 Å². The summed E-state index contributed by atoms with van der Waals surface area (Å²) in [5.74, 6) is 0.711. The highest BCUT2D eigenvalue weighted by Crippen LogP contribution is 2.41. The van der Waals surface area contributed by atoms with E-state index in [0.717, 1.165) is 34.1 Å². The van der Waals surface area contributed by atoms with Gasteiger partial charge in [0.05, 0.1) is 15.8 Å². The number of nitriles is 1. The second-order valence-corrected chi connectivity index (χ2v) is 9.16. The lowest BCUT2D eigenvalue weighted by molar-refractivity contribution is 0.507. The van der Waals surface area contributed by atoms with Crippen LogP contribution in [-0.2, 0) is 12.8 Å². The van der Waals surface area contributed by atoms with Gasteiger partial charge in [-0.25, -0.2) is 4.98 Å². The van der Waals surface area contributed by atoms with Gasteiger partial charge in [-0.1, -0.05) is 18.3 Å². The Morgan fingerprint density at radius 3 is 3.04 bits per heavy atom. The van der Waals surface area contributed by atoms with Crippen LogP contribution in [0.5, 0.6) is 0 Å². The summed E-state index contributed by atoms with van der Waals surface area (Å²) in [4.78, 5) is 7.30. The van der Waals surface area contributed by atoms with Gasteiger partial charge >= 0.3 is 0 Å². The summed E-state index contributed by atoms with van der Waals surface area (Å²) < 4.78 is 1.18. The summed E-state index contributed by atoms with van der Waals surface area (Å²) in [6.45, 7) is 2.29. The summed E-state index contributed by atoms with van der Waals surface area (Å²) in [7, 11) is 0. The predicted molar refractivity (Wildman–Crippen MR) is 105 cm³/mol. The number of benzene rings is 1. The van der Waals surface area contributed by atoms with Crippen LogP contribution < -0.4 is 5.32 Å². The average Bonchev–Trinajstić information content (AvgIpc) is 3.13. The van der Waals surface area contributed by atoms with Gasteiger partial charge in [-0.05, 0) is 55.2 Å². The molecular weight excluding hydrogens is 354 g/mol. The fourth-order valence-corrected chi connectivity index (χ4v) is 5.99. The van der Waals surface area contributed by atoms with Crippen molar-refractivity contribution in [3.63, 3.8) is 0 Å². The lowest BCUT2D eigenvalue weighted by Gasteiger charge is -2.17. The molecule has 2 heterocycles. The van der Waals surface area contributed by atoms with E-state index >= 15 is 0 Å². The standard InChI is InChI=1S/C18H17N3S3/c1-10-3-5-12-13(9-19)17(23-15(12)7-10)21-18-20-14-6-4-11(22-2)8-16(14)24-18/h4,6,8,10H,3,5,7H2,1-2H3,(H,20,21)/t10-/m0/s1. The Bertz CT molecular complexity index is 948. The molecule has 0 amide bonds. The molecule has 0 aliphatic heterocycles. The number of fused-ring (bicyclic) bond motifs is 2. The molecule has 1 aliphatic rings. The van der Waals surface area contributed by atoms with Gasteiger partial charge < -0.3 is 5.32 Å². The smallest absolute Gasteiger partial charge is 0.188 e. The first-order valence-electron chi connectivity index (χ1n) is 7.94. The zero-order valence-corrected chi connectivity index (χ0v) is 16.0. The number of thiophene rings is 1. The molecule has 0 bridgehead atoms. The molecule has 2 aromatic heterocycles. The van der Waals surface area contributed by atoms with Crippen LogP contribution in [-0.4, -0.2) is 11.2 Å². The first-order valence-corrected chi connectivity index (χ1v) is 10.8. The Morgan fingerprint density at radius 1 is 1.38 bits per heavy atom. The van der Waals surface area contributed by atoms with Crippen LogP contribution in [0.1, 0.15) is 29.3 Å². The maximum atomic E-state index is 9.61. The highest BCUT2D eigenvalue weighted by atomic mass is 32.2. The molecule has 1 aromatic carbocycles. The third-order valence-corrected chi connectivity index (χ3v) is 7.27. The van der Waals surface area contributed by atoms with E-state index in [-0.39, 0.29) is 0 Å². The van der Waals surface area contributed by atoms with Crippen molar-refractivity contribution in [2.45, 2.75) is 31.1 Å². The summed E-state index contributed by atoms with van der Waals surface area (Å²) in [5.41, 5.74) is 3.09. The lowest BCUT2D eigenvalue weighted by Crippen LogP contribution is -2.09. The molecule has 0 fully saturated rings. The summed E-state index contributed by atoms with van der Waals surface area (Å²) in [6, 6.07) is 8.75. The number of anilines is 2. The lowest BCUT2D eigenvalue weighted by atomic mass is 9.89. The summed E-state index contributed by atoms with van der Waals surface area (Å²) in [6.07, 6.45) is 5.37. The summed E-state index contributed by atoms with van der Waals surface area (Å²) >= 11 is 5.12. The van der Waals surface area contributed by atoms with E-state index in [1.165, 1.54) is 26.5 Å². The van der Waals surface area contributed by atoms with E-state index in [1.807, 2.05) is 0 Å². The minimum atomic E-state index is 0.711. The van der Waals surface area contributed by atoms with Crippen LogP contribution >= 0.6 is 34.4 Å². The zero-order valence-electron chi connectivity index (χ0n) is 13.5. The Kier molecular flexibility index (Phi) is 4.25. The molecular formula is C18H17N3S3. The number of nitrogens with zero attached hydrogens (tertiary/aromatic N) is 2. The number of aromatic nitrogens is 1. The van der Waals surface area contributed by atoms with Crippen LogP contribution in [0.15, 0.2) is 23.1 Å². The molecule has 6 heteroatoms. The highest BCUT2D eigenvalue weighted by Gasteiger charge is 2.24. The number of nitrogens with one attached hydrogen (secondary N) is 1. The first-order chi connectivity index (χ1) is 11.7. The maximum absolute atomic E-state index is 9.61. The fraction of sp³-hybridized carbons (Fsp3) is 0.333. The van der Waals surface area contributed by atoms with E-state index in [2.05, 4.69) is 47.7 Å². The second-order valence-electron chi connectivity index (χ2n) is 6.15. The molecule has 0 radical (unpaired) electrons. The largest absolute Gasteiger partial charge is 0.322 e. The third-order valence-electron chi connectivity index (χ3n) is 4.44. The number of hydrogen-bond acceptors (Lipinski definition) is 6. The van der Waals surface area contributed by atoms with Crippen molar-refractivity contribution in [2.75, 3.05) is 11.6 Å². The van der Waals surface area contributed by atoms with E-state index in [1.54, 1.807) is 34.4 Å². The molecule has 1 atom stereocenters. The fourth-order valence-electron chi connectivity index (χ4n) is 3.14. The third kappa shape index (κ3) is 2.81. The average molecular weight is 372 g/mol. The van der Waals surface area contributed by atoms with E-state index in [4.69, 9.17) is 0 Å². The summed E-state index contributed by atoms with van der Waals surface area (Å²) in [5, 5.41) is 14.9. The van der Waals surface area contributed by atoms with Crippen molar-refractivity contribution in [3.05, 3.63) is 34.2 Å². The number of rotatable bonds is 3. The zero-order chi connectivity index (χ0) is 16.7. The molecule has 0 unspecified atom stereocenters. The van der Waals surface area contributed by atoms with Crippen molar-refractivity contribution in [1.29, 1.82) is 5.26 Å². The molecule has 122 valence electrons. The van der Waals surface area contributed by atoms with Gasteiger partial charge in [0.2, 0.25) is 0 Å². The van der Waals surface area contributed by atoms with Crippen molar-refractivity contribution in [3.8, 4) is 6.07 Å². The highest BCUT2D eigenvalue weighted by molar-refractivity contribution is 7.98. The van der Waals surface area contributed by atoms with Gasteiger partial charge in [-0.2, -0.15) is 5.26 Å². The van der Waals surface area contributed by atoms with Crippen LogP contribution in [0.2, 0.25) is 0 Å². The van der Waals surface area contributed by atoms with Crippen LogP contribution in [0.25, 0.3) is 10.2 Å². The SMILES string of the molecule is CSc1ccc2nc(Nc3sc4c(c3C#N)CC[C@H](C)C4)sc2c1. The first kappa shape index (κ1) is 15.9. The number of thiazole rings is 1. The van der Waals surface area contributed by atoms with Gasteiger partial charge in [0.15, 0.2) is 5.13 Å². The van der Waals surface area contributed by atoms with Gasteiger partial charge in [-0.3, -0.25) is 0 Å². The Hall–Kier alpha value is -1.55. The van der Waals surface area contributed by atoms with Crippen molar-refractivity contribution in [2.24, 2.45) is 5.92 Å². The molecule has 1 aliphatic carbocycles. The molecule has 0 spiro atoms. The van der Waals surface area contributed by atoms with Gasteiger partial charge in [0.1, 0.15) is 11.1 Å². The van der Waals surface area contributed by atoms with E-state index in [9.17, 15) is 5.26 Å². The number of hydrogen-bond donors (Lipinski definition) is 1. The van der Waals surface area contributed by atoms with Crippen molar-refractivity contribution in [1.82, 2.24) is 4.98 Å². The minimum absolute atomic E-state index is 0.711. The molecule has 1 N–H and O–H groups in total. The molecule has 0 saturated carbocycles. The Morgan fingerprint density at radius 2 is 2.25 bits per heavy atom. The van der Waals surface area contributed by atoms with Gasteiger partial charge in [-0.15, -0.1) is 23.1 Å². The van der Waals surface area contributed by atoms with Gasteiger partial charge in [0, 0.05) is 9.77 Å².